The fraction of sp³-hybridized carbons (Fsp3) is 0.111. The number of aryl methyl sites for hydroxylation is 2. The Morgan fingerprint density at radius 2 is 1.71 bits per heavy atom. The summed E-state index contributed by atoms with van der Waals surface area (Å²) < 4.78 is 0. The number of anilines is 2. The van der Waals surface area contributed by atoms with Crippen molar-refractivity contribution in [2.75, 3.05) is 10.2 Å². The van der Waals surface area contributed by atoms with Crippen molar-refractivity contribution in [3.05, 3.63) is 69.3 Å². The minimum Gasteiger partial charge on any atom is -0.349 e. The van der Waals surface area contributed by atoms with Crippen molar-refractivity contribution in [2.45, 2.75) is 13.8 Å². The Morgan fingerprint density at radius 3 is 2.38 bits per heavy atom. The molecule has 0 atom stereocenters. The lowest BCUT2D eigenvalue weighted by atomic mass is 10.1. The molecule has 0 bridgehead atoms. The normalized spacial score (nSPS) is 14.6. The van der Waals surface area contributed by atoms with Crippen LogP contribution in [0.15, 0.2) is 53.2 Å². The van der Waals surface area contributed by atoms with Gasteiger partial charge in [0.1, 0.15) is 10.7 Å². The maximum Gasteiger partial charge on any atom is 0.283 e. The Kier molecular flexibility index (Phi) is 4.35. The number of halogens is 2. The van der Waals surface area contributed by atoms with Crippen LogP contribution >= 0.6 is 23.2 Å². The zero-order valence-corrected chi connectivity index (χ0v) is 14.6. The molecule has 1 N–H and O–H groups in total. The van der Waals surface area contributed by atoms with Gasteiger partial charge in [0.25, 0.3) is 11.8 Å². The first-order valence-corrected chi connectivity index (χ1v) is 8.02. The Morgan fingerprint density at radius 1 is 0.958 bits per heavy atom. The van der Waals surface area contributed by atoms with E-state index in [0.29, 0.717) is 10.7 Å². The highest BCUT2D eigenvalue weighted by molar-refractivity contribution is 6.53. The summed E-state index contributed by atoms with van der Waals surface area (Å²) in [5.74, 6) is -1.08. The van der Waals surface area contributed by atoms with Crippen molar-refractivity contribution < 1.29 is 9.59 Å². The molecule has 6 heteroatoms. The summed E-state index contributed by atoms with van der Waals surface area (Å²) in [4.78, 5) is 26.1. The highest BCUT2D eigenvalue weighted by Gasteiger charge is 2.39. The first-order valence-electron chi connectivity index (χ1n) is 7.27. The van der Waals surface area contributed by atoms with Gasteiger partial charge < -0.3 is 5.32 Å². The molecule has 0 fully saturated rings. The maximum absolute atomic E-state index is 12.7. The third kappa shape index (κ3) is 2.90. The van der Waals surface area contributed by atoms with Crippen LogP contribution in [0.3, 0.4) is 0 Å². The molecule has 2 amide bonds. The van der Waals surface area contributed by atoms with Gasteiger partial charge in [-0.15, -0.1) is 0 Å². The van der Waals surface area contributed by atoms with Crippen LogP contribution in [0, 0.1) is 13.8 Å². The lowest BCUT2D eigenvalue weighted by Gasteiger charge is -2.16. The number of carbonyl (C=O) groups excluding carboxylic acids is 2. The summed E-state index contributed by atoms with van der Waals surface area (Å²) in [6.07, 6.45) is 0. The van der Waals surface area contributed by atoms with E-state index in [1.165, 1.54) is 0 Å². The van der Waals surface area contributed by atoms with Crippen LogP contribution < -0.4 is 10.2 Å². The molecule has 4 nitrogen and oxygen atoms in total. The van der Waals surface area contributed by atoms with E-state index in [4.69, 9.17) is 23.2 Å². The largest absolute Gasteiger partial charge is 0.349 e. The predicted octanol–water partition coefficient (Wildman–Crippen LogP) is 4.39. The molecule has 0 radical (unpaired) electrons. The van der Waals surface area contributed by atoms with Crippen LogP contribution in [0.4, 0.5) is 11.4 Å². The second kappa shape index (κ2) is 6.30. The summed E-state index contributed by atoms with van der Waals surface area (Å²) in [6.45, 7) is 3.90. The van der Waals surface area contributed by atoms with Crippen molar-refractivity contribution in [1.82, 2.24) is 0 Å². The quantitative estimate of drug-likeness (QED) is 0.825. The second-order valence-corrected chi connectivity index (χ2v) is 6.37. The smallest absolute Gasteiger partial charge is 0.283 e. The SMILES string of the molecule is Cc1ccc(NC2=C(Cl)C(=O)N(c3cccc(Cl)c3)C2=O)c(C)c1. The molecule has 122 valence electrons. The van der Waals surface area contributed by atoms with Crippen LogP contribution in [0.5, 0.6) is 0 Å². The van der Waals surface area contributed by atoms with E-state index in [9.17, 15) is 9.59 Å². The summed E-state index contributed by atoms with van der Waals surface area (Å²) in [6, 6.07) is 12.3. The third-order valence-corrected chi connectivity index (χ3v) is 4.32. The van der Waals surface area contributed by atoms with Crippen molar-refractivity contribution in [2.24, 2.45) is 0 Å². The fourth-order valence-corrected chi connectivity index (χ4v) is 2.95. The van der Waals surface area contributed by atoms with Crippen LogP contribution in [-0.2, 0) is 9.59 Å². The van der Waals surface area contributed by atoms with E-state index in [1.54, 1.807) is 24.3 Å². The first kappa shape index (κ1) is 16.6. The van der Waals surface area contributed by atoms with Crippen molar-refractivity contribution in [3.8, 4) is 0 Å². The number of nitrogens with zero attached hydrogens (tertiary/aromatic N) is 1. The van der Waals surface area contributed by atoms with Crippen LogP contribution in [-0.4, -0.2) is 11.8 Å². The molecule has 0 saturated carbocycles. The zero-order valence-electron chi connectivity index (χ0n) is 13.1. The topological polar surface area (TPSA) is 49.4 Å². The number of hydrogen-bond donors (Lipinski definition) is 1. The highest BCUT2D eigenvalue weighted by atomic mass is 35.5. The molecule has 0 unspecified atom stereocenters. The number of carbonyl (C=O) groups is 2. The summed E-state index contributed by atoms with van der Waals surface area (Å²) in [7, 11) is 0. The van der Waals surface area contributed by atoms with E-state index in [0.717, 1.165) is 21.7 Å². The van der Waals surface area contributed by atoms with E-state index in [-0.39, 0.29) is 10.7 Å². The number of rotatable bonds is 3. The lowest BCUT2D eigenvalue weighted by molar-refractivity contribution is -0.120. The van der Waals surface area contributed by atoms with Gasteiger partial charge in [-0.2, -0.15) is 0 Å². The number of imide groups is 1. The van der Waals surface area contributed by atoms with E-state index >= 15 is 0 Å². The van der Waals surface area contributed by atoms with Crippen LogP contribution in [0.2, 0.25) is 5.02 Å². The average molecular weight is 361 g/mol. The molecule has 1 heterocycles. The van der Waals surface area contributed by atoms with E-state index in [2.05, 4.69) is 5.32 Å². The molecule has 3 rings (SSSR count). The molecule has 0 spiro atoms. The molecule has 1 aliphatic heterocycles. The molecule has 0 saturated heterocycles. The third-order valence-electron chi connectivity index (χ3n) is 3.74. The number of benzene rings is 2. The molecular weight excluding hydrogens is 347 g/mol. The molecule has 24 heavy (non-hydrogen) atoms. The average Bonchev–Trinajstić information content (AvgIpc) is 2.73. The minimum atomic E-state index is -0.573. The standard InChI is InChI=1S/C18H14Cl2N2O2/c1-10-6-7-14(11(2)8-10)21-16-15(20)17(23)22(18(16)24)13-5-3-4-12(19)9-13/h3-9,21H,1-2H3. The van der Waals surface area contributed by atoms with E-state index in [1.807, 2.05) is 32.0 Å². The highest BCUT2D eigenvalue weighted by Crippen LogP contribution is 2.31. The second-order valence-electron chi connectivity index (χ2n) is 5.56. The van der Waals surface area contributed by atoms with Crippen molar-refractivity contribution >= 4 is 46.4 Å². The molecule has 1 aliphatic rings. The Bertz CT molecular complexity index is 890. The predicted molar refractivity (Wildman–Crippen MR) is 96.4 cm³/mol. The minimum absolute atomic E-state index is 0.0635. The number of amides is 2. The van der Waals surface area contributed by atoms with Crippen molar-refractivity contribution in [3.63, 3.8) is 0 Å². The molecular formula is C18H14Cl2N2O2. The van der Waals surface area contributed by atoms with Gasteiger partial charge in [0.2, 0.25) is 0 Å². The maximum atomic E-state index is 12.7. The fourth-order valence-electron chi connectivity index (χ4n) is 2.55. The van der Waals surface area contributed by atoms with Gasteiger partial charge in [-0.3, -0.25) is 9.59 Å². The van der Waals surface area contributed by atoms with Gasteiger partial charge in [0.05, 0.1) is 5.69 Å². The van der Waals surface area contributed by atoms with Gasteiger partial charge in [0, 0.05) is 10.7 Å². The lowest BCUT2D eigenvalue weighted by Crippen LogP contribution is -2.32. The van der Waals surface area contributed by atoms with E-state index < -0.39 is 11.8 Å². The summed E-state index contributed by atoms with van der Waals surface area (Å²) in [5, 5.41) is 3.27. The molecule has 0 aliphatic carbocycles. The van der Waals surface area contributed by atoms with Crippen molar-refractivity contribution in [1.29, 1.82) is 0 Å². The van der Waals surface area contributed by atoms with Crippen LogP contribution in [0.1, 0.15) is 11.1 Å². The van der Waals surface area contributed by atoms with Gasteiger partial charge in [-0.05, 0) is 43.7 Å². The molecule has 2 aromatic rings. The first-order chi connectivity index (χ1) is 11.4. The Hall–Kier alpha value is -2.30. The molecule has 2 aromatic carbocycles. The monoisotopic (exact) mass is 360 g/mol. The zero-order chi connectivity index (χ0) is 17.4. The Balaban J connectivity index is 1.95. The van der Waals surface area contributed by atoms with Gasteiger partial charge in [-0.1, -0.05) is 47.0 Å². The summed E-state index contributed by atoms with van der Waals surface area (Å²) >= 11 is 12.1. The number of nitrogens with one attached hydrogen (secondary N) is 1. The van der Waals surface area contributed by atoms with Gasteiger partial charge in [-0.25, -0.2) is 4.90 Å². The number of hydrogen-bond acceptors (Lipinski definition) is 3. The van der Waals surface area contributed by atoms with Gasteiger partial charge in [0.15, 0.2) is 0 Å². The van der Waals surface area contributed by atoms with Crippen LogP contribution in [0.25, 0.3) is 0 Å². The molecule has 0 aromatic heterocycles. The summed E-state index contributed by atoms with van der Waals surface area (Å²) in [5.41, 5.74) is 3.23. The Labute approximate surface area is 149 Å². The van der Waals surface area contributed by atoms with Gasteiger partial charge >= 0.3 is 0 Å².